The van der Waals surface area contributed by atoms with Gasteiger partial charge in [0.25, 0.3) is 5.69 Å². The second kappa shape index (κ2) is 10.1. The van der Waals surface area contributed by atoms with Gasteiger partial charge in [-0.25, -0.2) is 0 Å². The van der Waals surface area contributed by atoms with E-state index in [1.165, 1.54) is 19.2 Å². The Morgan fingerprint density at radius 1 is 1.19 bits per heavy atom. The van der Waals surface area contributed by atoms with E-state index in [0.29, 0.717) is 26.6 Å². The van der Waals surface area contributed by atoms with Crippen LogP contribution in [0.2, 0.25) is 5.02 Å². The summed E-state index contributed by atoms with van der Waals surface area (Å²) in [5.41, 5.74) is 2.77. The molecule has 6 nitrogen and oxygen atoms in total. The molecule has 0 heterocycles. The Morgan fingerprint density at radius 2 is 1.87 bits per heavy atom. The molecule has 0 N–H and O–H groups in total. The molecular weight excluding hydrogens is 484 g/mol. The van der Waals surface area contributed by atoms with E-state index in [0.717, 1.165) is 16.7 Å². The van der Waals surface area contributed by atoms with Crippen LogP contribution in [-0.4, -0.2) is 12.0 Å². The number of benzene rings is 3. The number of hydrogen-bond acceptors (Lipinski definition) is 5. The van der Waals surface area contributed by atoms with Gasteiger partial charge in [0.2, 0.25) is 0 Å². The van der Waals surface area contributed by atoms with Crippen LogP contribution in [0.3, 0.4) is 0 Å². The summed E-state index contributed by atoms with van der Waals surface area (Å²) >= 11 is 9.42. The van der Waals surface area contributed by atoms with Gasteiger partial charge in [0.05, 0.1) is 28.1 Å². The first kappa shape index (κ1) is 22.3. The number of nitrogens with zero attached hydrogens (tertiary/aromatic N) is 2. The number of nitriles is 1. The van der Waals surface area contributed by atoms with E-state index in [1.54, 1.807) is 48.5 Å². The van der Waals surface area contributed by atoms with Crippen molar-refractivity contribution in [2.24, 2.45) is 0 Å². The molecule has 0 atom stereocenters. The summed E-state index contributed by atoms with van der Waals surface area (Å²) in [6.07, 6.45) is 1.75. The van der Waals surface area contributed by atoms with Crippen molar-refractivity contribution in [3.05, 3.63) is 97.0 Å². The van der Waals surface area contributed by atoms with Crippen molar-refractivity contribution in [1.29, 1.82) is 5.26 Å². The molecule has 0 spiro atoms. The number of nitro groups is 1. The van der Waals surface area contributed by atoms with Crippen LogP contribution in [0.15, 0.2) is 65.1 Å². The summed E-state index contributed by atoms with van der Waals surface area (Å²) < 4.78 is 12.0. The van der Waals surface area contributed by atoms with Crippen LogP contribution >= 0.6 is 27.5 Å². The Morgan fingerprint density at radius 3 is 2.45 bits per heavy atom. The van der Waals surface area contributed by atoms with Gasteiger partial charge in [-0.1, -0.05) is 23.7 Å². The third kappa shape index (κ3) is 5.63. The standard InChI is InChI=1S/C23H16BrClN2O4/c1-30-22-12-16(10-18(13-26)17-4-6-19(25)7-5-17)11-21(24)23(22)31-14-15-2-8-20(9-3-15)27(28)29/h2-12H,14H2,1H3/b18-10-. The summed E-state index contributed by atoms with van der Waals surface area (Å²) in [5.74, 6) is 0.971. The van der Waals surface area contributed by atoms with E-state index >= 15 is 0 Å². The molecule has 0 aliphatic rings. The third-order valence-electron chi connectivity index (χ3n) is 4.37. The van der Waals surface area contributed by atoms with Crippen LogP contribution < -0.4 is 9.47 Å². The van der Waals surface area contributed by atoms with E-state index in [-0.39, 0.29) is 12.3 Å². The monoisotopic (exact) mass is 498 g/mol. The number of ether oxygens (including phenoxy) is 2. The predicted molar refractivity (Wildman–Crippen MR) is 123 cm³/mol. The Bertz CT molecular complexity index is 1170. The quantitative estimate of drug-likeness (QED) is 0.157. The highest BCUT2D eigenvalue weighted by Crippen LogP contribution is 2.38. The second-order valence-corrected chi connectivity index (χ2v) is 7.71. The van der Waals surface area contributed by atoms with Gasteiger partial charge in [-0.3, -0.25) is 10.1 Å². The third-order valence-corrected chi connectivity index (χ3v) is 5.21. The van der Waals surface area contributed by atoms with E-state index in [2.05, 4.69) is 22.0 Å². The molecule has 3 rings (SSSR count). The van der Waals surface area contributed by atoms with Crippen molar-refractivity contribution in [1.82, 2.24) is 0 Å². The molecule has 0 radical (unpaired) electrons. The van der Waals surface area contributed by atoms with Crippen molar-refractivity contribution in [2.75, 3.05) is 7.11 Å². The molecule has 3 aromatic carbocycles. The molecule has 0 aliphatic carbocycles. The smallest absolute Gasteiger partial charge is 0.269 e. The zero-order valence-electron chi connectivity index (χ0n) is 16.3. The summed E-state index contributed by atoms with van der Waals surface area (Å²) in [7, 11) is 1.53. The molecule has 156 valence electrons. The first-order valence-electron chi connectivity index (χ1n) is 9.02. The van der Waals surface area contributed by atoms with Gasteiger partial charge < -0.3 is 9.47 Å². The number of non-ortho nitro benzene ring substituents is 1. The Kier molecular flexibility index (Phi) is 7.29. The van der Waals surface area contributed by atoms with Gasteiger partial charge >= 0.3 is 0 Å². The fraction of sp³-hybridized carbons (Fsp3) is 0.0870. The topological polar surface area (TPSA) is 85.4 Å². The number of halogens is 2. The maximum atomic E-state index is 10.8. The van der Waals surface area contributed by atoms with Crippen LogP contribution in [0.5, 0.6) is 11.5 Å². The normalized spacial score (nSPS) is 11.0. The van der Waals surface area contributed by atoms with Crippen molar-refractivity contribution < 1.29 is 14.4 Å². The van der Waals surface area contributed by atoms with E-state index in [9.17, 15) is 15.4 Å². The maximum absolute atomic E-state index is 10.8. The fourth-order valence-corrected chi connectivity index (χ4v) is 3.51. The van der Waals surface area contributed by atoms with Crippen LogP contribution in [0.4, 0.5) is 5.69 Å². The first-order chi connectivity index (χ1) is 14.9. The number of methoxy groups -OCH3 is 1. The molecule has 0 fully saturated rings. The average molecular weight is 500 g/mol. The molecule has 3 aromatic rings. The highest BCUT2D eigenvalue weighted by molar-refractivity contribution is 9.10. The Hall–Kier alpha value is -3.34. The van der Waals surface area contributed by atoms with Crippen LogP contribution in [0, 0.1) is 21.4 Å². The Labute approximate surface area is 192 Å². The summed E-state index contributed by atoms with van der Waals surface area (Å²) in [4.78, 5) is 10.3. The number of rotatable bonds is 7. The minimum Gasteiger partial charge on any atom is -0.493 e. The minimum absolute atomic E-state index is 0.0210. The summed E-state index contributed by atoms with van der Waals surface area (Å²) in [6.45, 7) is 0.205. The zero-order valence-corrected chi connectivity index (χ0v) is 18.7. The Balaban J connectivity index is 1.84. The highest BCUT2D eigenvalue weighted by atomic mass is 79.9. The number of nitro benzene ring substituents is 1. The van der Waals surface area contributed by atoms with E-state index < -0.39 is 4.92 Å². The highest BCUT2D eigenvalue weighted by Gasteiger charge is 2.13. The average Bonchev–Trinajstić information content (AvgIpc) is 2.77. The summed E-state index contributed by atoms with van der Waals surface area (Å²) in [6, 6.07) is 19.0. The zero-order chi connectivity index (χ0) is 22.4. The minimum atomic E-state index is -0.448. The molecule has 8 heteroatoms. The van der Waals surface area contributed by atoms with Crippen molar-refractivity contribution in [3.8, 4) is 17.6 Å². The molecule has 0 aromatic heterocycles. The summed E-state index contributed by atoms with van der Waals surface area (Å²) in [5, 5.41) is 20.9. The van der Waals surface area contributed by atoms with Crippen molar-refractivity contribution in [2.45, 2.75) is 6.61 Å². The molecule has 0 aliphatic heterocycles. The maximum Gasteiger partial charge on any atom is 0.269 e. The van der Waals surface area contributed by atoms with Gasteiger partial charge in [-0.2, -0.15) is 5.26 Å². The van der Waals surface area contributed by atoms with Crippen molar-refractivity contribution >= 4 is 44.9 Å². The second-order valence-electron chi connectivity index (χ2n) is 6.42. The SMILES string of the molecule is COc1cc(/C=C(/C#N)c2ccc(Cl)cc2)cc(Br)c1OCc1ccc([N+](=O)[O-])cc1. The van der Waals surface area contributed by atoms with Crippen LogP contribution in [-0.2, 0) is 6.61 Å². The largest absolute Gasteiger partial charge is 0.493 e. The van der Waals surface area contributed by atoms with Gasteiger partial charge in [0.1, 0.15) is 6.61 Å². The molecule has 0 unspecified atom stereocenters. The molecular formula is C23H16BrClN2O4. The van der Waals surface area contributed by atoms with Gasteiger partial charge in [0.15, 0.2) is 11.5 Å². The van der Waals surface area contributed by atoms with E-state index in [1.807, 2.05) is 6.07 Å². The first-order valence-corrected chi connectivity index (χ1v) is 10.2. The molecule has 31 heavy (non-hydrogen) atoms. The van der Waals surface area contributed by atoms with Crippen molar-refractivity contribution in [3.63, 3.8) is 0 Å². The van der Waals surface area contributed by atoms with Crippen LogP contribution in [0.25, 0.3) is 11.6 Å². The molecule has 0 saturated carbocycles. The lowest BCUT2D eigenvalue weighted by atomic mass is 10.0. The van der Waals surface area contributed by atoms with Gasteiger partial charge in [-0.05, 0) is 75.1 Å². The lowest BCUT2D eigenvalue weighted by molar-refractivity contribution is -0.384. The lowest BCUT2D eigenvalue weighted by Crippen LogP contribution is -1.99. The lowest BCUT2D eigenvalue weighted by Gasteiger charge is -2.14. The fourth-order valence-electron chi connectivity index (χ4n) is 2.81. The number of allylic oxidation sites excluding steroid dienone is 1. The van der Waals surface area contributed by atoms with Gasteiger partial charge in [0, 0.05) is 17.2 Å². The van der Waals surface area contributed by atoms with Crippen LogP contribution in [0.1, 0.15) is 16.7 Å². The van der Waals surface area contributed by atoms with E-state index in [4.69, 9.17) is 21.1 Å². The number of hydrogen-bond donors (Lipinski definition) is 0. The molecule has 0 bridgehead atoms. The van der Waals surface area contributed by atoms with Gasteiger partial charge in [-0.15, -0.1) is 0 Å². The predicted octanol–water partition coefficient (Wildman–Crippen LogP) is 6.66. The molecule has 0 saturated heterocycles. The molecule has 0 amide bonds.